The average molecular weight is 205 g/mol. The first-order valence-electron chi connectivity index (χ1n) is 4.43. The lowest BCUT2D eigenvalue weighted by Gasteiger charge is -2.20. The molecule has 0 saturated heterocycles. The highest BCUT2D eigenvalue weighted by atomic mass is 32.1. The maximum absolute atomic E-state index is 11.1. The van der Waals surface area contributed by atoms with Crippen LogP contribution in [0.25, 0.3) is 0 Å². The third-order valence-electron chi connectivity index (χ3n) is 1.31. The van der Waals surface area contributed by atoms with Crippen molar-refractivity contribution in [1.82, 2.24) is 5.32 Å². The predicted molar refractivity (Wildman–Crippen MR) is 57.3 cm³/mol. The summed E-state index contributed by atoms with van der Waals surface area (Å²) >= 11 is 4.11. The number of nitrogens with one attached hydrogen (secondary N) is 1. The van der Waals surface area contributed by atoms with Crippen LogP contribution in [-0.2, 0) is 4.74 Å². The summed E-state index contributed by atoms with van der Waals surface area (Å²) < 4.78 is 5.06. The molecule has 0 radical (unpaired) electrons. The molecule has 0 fully saturated rings. The minimum atomic E-state index is -0.422. The van der Waals surface area contributed by atoms with Gasteiger partial charge in [0.2, 0.25) is 0 Å². The van der Waals surface area contributed by atoms with Gasteiger partial charge in [-0.2, -0.15) is 12.6 Å². The number of ether oxygens (including phenoxy) is 1. The molecule has 0 aliphatic rings. The molecule has 0 aliphatic heterocycles. The number of thiol groups is 1. The lowest BCUT2D eigenvalue weighted by Crippen LogP contribution is -2.35. The first-order valence-corrected chi connectivity index (χ1v) is 5.06. The normalized spacial score (nSPS) is 13.6. The van der Waals surface area contributed by atoms with Gasteiger partial charge in [-0.3, -0.25) is 0 Å². The van der Waals surface area contributed by atoms with Gasteiger partial charge in [0, 0.05) is 6.54 Å². The van der Waals surface area contributed by atoms with E-state index in [4.69, 9.17) is 4.74 Å². The molecule has 1 amide bonds. The Labute approximate surface area is 85.6 Å². The number of alkyl carbamates (subject to hydrolysis) is 1. The van der Waals surface area contributed by atoms with E-state index in [0.717, 1.165) is 5.75 Å². The molecule has 0 aromatic carbocycles. The molecule has 0 aromatic rings. The van der Waals surface area contributed by atoms with Crippen LogP contribution in [0.3, 0.4) is 0 Å². The molecule has 4 heteroatoms. The zero-order valence-corrected chi connectivity index (χ0v) is 9.65. The smallest absolute Gasteiger partial charge is 0.407 e. The van der Waals surface area contributed by atoms with Crippen LogP contribution in [0.5, 0.6) is 0 Å². The van der Waals surface area contributed by atoms with Crippen molar-refractivity contribution in [3.05, 3.63) is 0 Å². The maximum Gasteiger partial charge on any atom is 0.407 e. The Morgan fingerprint density at radius 3 is 2.46 bits per heavy atom. The van der Waals surface area contributed by atoms with Crippen molar-refractivity contribution < 1.29 is 9.53 Å². The van der Waals surface area contributed by atoms with E-state index in [1.807, 2.05) is 27.7 Å². The molecule has 3 nitrogen and oxygen atoms in total. The molecular weight excluding hydrogens is 186 g/mol. The van der Waals surface area contributed by atoms with Gasteiger partial charge >= 0.3 is 6.09 Å². The van der Waals surface area contributed by atoms with Crippen molar-refractivity contribution in [2.75, 3.05) is 12.3 Å². The molecule has 0 aromatic heterocycles. The van der Waals surface area contributed by atoms with Crippen LogP contribution in [-0.4, -0.2) is 24.0 Å². The monoisotopic (exact) mass is 205 g/mol. The SMILES string of the molecule is CC(CS)CNC(=O)OC(C)(C)C. The van der Waals surface area contributed by atoms with Crippen molar-refractivity contribution in [3.8, 4) is 0 Å². The van der Waals surface area contributed by atoms with Crippen LogP contribution < -0.4 is 5.32 Å². The van der Waals surface area contributed by atoms with Crippen LogP contribution in [0, 0.1) is 5.92 Å². The zero-order valence-electron chi connectivity index (χ0n) is 8.76. The van der Waals surface area contributed by atoms with Gasteiger partial charge in [0.1, 0.15) is 5.60 Å². The maximum atomic E-state index is 11.1. The summed E-state index contributed by atoms with van der Waals surface area (Å²) in [6.07, 6.45) is -0.360. The fourth-order valence-corrected chi connectivity index (χ4v) is 0.765. The molecule has 1 N–H and O–H groups in total. The number of rotatable bonds is 3. The molecule has 1 unspecified atom stereocenters. The van der Waals surface area contributed by atoms with Gasteiger partial charge in [-0.25, -0.2) is 4.79 Å². The van der Waals surface area contributed by atoms with E-state index in [9.17, 15) is 4.79 Å². The fraction of sp³-hybridized carbons (Fsp3) is 0.889. The number of hydrogen-bond acceptors (Lipinski definition) is 3. The lowest BCUT2D eigenvalue weighted by molar-refractivity contribution is 0.0522. The van der Waals surface area contributed by atoms with E-state index in [0.29, 0.717) is 12.5 Å². The van der Waals surface area contributed by atoms with E-state index >= 15 is 0 Å². The number of carbonyl (C=O) groups is 1. The highest BCUT2D eigenvalue weighted by molar-refractivity contribution is 7.80. The third kappa shape index (κ3) is 7.96. The van der Waals surface area contributed by atoms with Gasteiger partial charge in [0.25, 0.3) is 0 Å². The number of amides is 1. The van der Waals surface area contributed by atoms with Gasteiger partial charge in [-0.15, -0.1) is 0 Å². The van der Waals surface area contributed by atoms with Crippen LogP contribution >= 0.6 is 12.6 Å². The van der Waals surface area contributed by atoms with Gasteiger partial charge in [0.05, 0.1) is 0 Å². The van der Waals surface area contributed by atoms with Crippen LogP contribution in [0.2, 0.25) is 0 Å². The minimum Gasteiger partial charge on any atom is -0.444 e. The Hall–Kier alpha value is -0.380. The molecule has 1 atom stereocenters. The van der Waals surface area contributed by atoms with Gasteiger partial charge < -0.3 is 10.1 Å². The topological polar surface area (TPSA) is 38.3 Å². The Morgan fingerprint density at radius 2 is 2.08 bits per heavy atom. The van der Waals surface area contributed by atoms with Crippen LogP contribution in [0.15, 0.2) is 0 Å². The Balaban J connectivity index is 3.64. The molecule has 0 heterocycles. The molecule has 0 spiro atoms. The predicted octanol–water partition coefficient (Wildman–Crippen LogP) is 2.08. The third-order valence-corrected chi connectivity index (χ3v) is 1.93. The minimum absolute atomic E-state index is 0.360. The summed E-state index contributed by atoms with van der Waals surface area (Å²) in [5.74, 6) is 1.13. The van der Waals surface area contributed by atoms with Crippen molar-refractivity contribution in [1.29, 1.82) is 0 Å². The van der Waals surface area contributed by atoms with E-state index in [1.54, 1.807) is 0 Å². The first kappa shape index (κ1) is 12.6. The highest BCUT2D eigenvalue weighted by Gasteiger charge is 2.15. The Morgan fingerprint density at radius 1 is 1.54 bits per heavy atom. The highest BCUT2D eigenvalue weighted by Crippen LogP contribution is 2.06. The molecular formula is C9H19NO2S. The van der Waals surface area contributed by atoms with E-state index in [1.165, 1.54) is 0 Å². The largest absolute Gasteiger partial charge is 0.444 e. The molecule has 0 bridgehead atoms. The van der Waals surface area contributed by atoms with E-state index in [2.05, 4.69) is 17.9 Å². The first-order chi connectivity index (χ1) is 5.85. The van der Waals surface area contributed by atoms with Gasteiger partial charge in [-0.05, 0) is 32.4 Å². The zero-order chi connectivity index (χ0) is 10.5. The summed E-state index contributed by atoms with van der Waals surface area (Å²) in [4.78, 5) is 11.1. The average Bonchev–Trinajstić information content (AvgIpc) is 1.97. The van der Waals surface area contributed by atoms with E-state index in [-0.39, 0.29) is 6.09 Å². The lowest BCUT2D eigenvalue weighted by atomic mass is 10.2. The van der Waals surface area contributed by atoms with Gasteiger partial charge in [0.15, 0.2) is 0 Å². The van der Waals surface area contributed by atoms with Crippen molar-refractivity contribution >= 4 is 18.7 Å². The van der Waals surface area contributed by atoms with Crippen molar-refractivity contribution in [3.63, 3.8) is 0 Å². The summed E-state index contributed by atoms with van der Waals surface area (Å²) in [6.45, 7) is 8.15. The van der Waals surface area contributed by atoms with Crippen LogP contribution in [0.1, 0.15) is 27.7 Å². The Bertz CT molecular complexity index is 165. The number of hydrogen-bond donors (Lipinski definition) is 2. The second-order valence-corrected chi connectivity index (χ2v) is 4.54. The Kier molecular flexibility index (Phi) is 5.21. The standard InChI is InChI=1S/C9H19NO2S/c1-7(6-13)5-10-8(11)12-9(2,3)4/h7,13H,5-6H2,1-4H3,(H,10,11). The summed E-state index contributed by atoms with van der Waals surface area (Å²) in [7, 11) is 0. The molecule has 0 saturated carbocycles. The van der Waals surface area contributed by atoms with Crippen molar-refractivity contribution in [2.24, 2.45) is 5.92 Å². The second kappa shape index (κ2) is 5.37. The fourth-order valence-electron chi connectivity index (χ4n) is 0.636. The van der Waals surface area contributed by atoms with E-state index < -0.39 is 5.60 Å². The quantitative estimate of drug-likeness (QED) is 0.692. The summed E-state index contributed by atoms with van der Waals surface area (Å²) in [6, 6.07) is 0. The number of carbonyl (C=O) groups excluding carboxylic acids is 1. The molecule has 0 rings (SSSR count). The molecule has 13 heavy (non-hydrogen) atoms. The van der Waals surface area contributed by atoms with Crippen molar-refractivity contribution in [2.45, 2.75) is 33.3 Å². The van der Waals surface area contributed by atoms with Gasteiger partial charge in [-0.1, -0.05) is 6.92 Å². The molecule has 0 aliphatic carbocycles. The second-order valence-electron chi connectivity index (χ2n) is 4.17. The van der Waals surface area contributed by atoms with Crippen LogP contribution in [0.4, 0.5) is 4.79 Å². The molecule has 78 valence electrons. The summed E-state index contributed by atoms with van der Waals surface area (Å²) in [5.41, 5.74) is -0.422. The summed E-state index contributed by atoms with van der Waals surface area (Å²) in [5, 5.41) is 2.68.